The molecule has 0 aliphatic heterocycles. The molecule has 0 saturated heterocycles. The lowest BCUT2D eigenvalue weighted by Crippen LogP contribution is -2.66. The summed E-state index contributed by atoms with van der Waals surface area (Å²) in [5.41, 5.74) is 0.469. The first kappa shape index (κ1) is 18.7. The van der Waals surface area contributed by atoms with Crippen LogP contribution in [0.5, 0.6) is 0 Å². The second kappa shape index (κ2) is 7.66. The van der Waals surface area contributed by atoms with Gasteiger partial charge < -0.3 is 4.43 Å². The van der Waals surface area contributed by atoms with Gasteiger partial charge in [-0.05, 0) is 15.4 Å². The van der Waals surface area contributed by atoms with Crippen molar-refractivity contribution in [1.82, 2.24) is 4.98 Å². The number of hydrogen-bond donors (Lipinski definition) is 0. The fraction of sp³-hybridized carbons (Fsp3) is 0.238. The highest BCUT2D eigenvalue weighted by Crippen LogP contribution is 2.37. The Labute approximate surface area is 159 Å². The molecule has 0 atom stereocenters. The molecule has 0 fully saturated rings. The molecule has 0 aliphatic carbocycles. The van der Waals surface area contributed by atoms with E-state index in [0.29, 0.717) is 12.3 Å². The lowest BCUT2D eigenvalue weighted by Gasteiger charge is -2.42. The smallest absolute Gasteiger partial charge is 0.261 e. The molecule has 1 aromatic heterocycles. The third-order valence-corrected chi connectivity index (χ3v) is 10.3. The maximum atomic E-state index is 10.9. The first-order chi connectivity index (χ1) is 12.5. The summed E-state index contributed by atoms with van der Waals surface area (Å²) in [6.45, 7) is 7.15. The highest BCUT2D eigenvalue weighted by atomic mass is 32.1. The molecule has 0 bridgehead atoms. The number of nitrogens with zero attached hydrogens (tertiary/aromatic N) is 1. The fourth-order valence-electron chi connectivity index (χ4n) is 3.38. The Morgan fingerprint density at radius 3 is 1.96 bits per heavy atom. The summed E-state index contributed by atoms with van der Waals surface area (Å²) < 4.78 is 6.78. The molecule has 5 heteroatoms. The number of benzene rings is 2. The summed E-state index contributed by atoms with van der Waals surface area (Å²) in [5.74, 6) is 0. The predicted molar refractivity (Wildman–Crippen MR) is 110 cm³/mol. The predicted octanol–water partition coefficient (Wildman–Crippen LogP) is 4.03. The van der Waals surface area contributed by atoms with Gasteiger partial charge in [0.1, 0.15) is 10.7 Å². The van der Waals surface area contributed by atoms with E-state index in [4.69, 9.17) is 4.43 Å². The van der Waals surface area contributed by atoms with Crippen molar-refractivity contribution in [2.75, 3.05) is 0 Å². The summed E-state index contributed by atoms with van der Waals surface area (Å²) in [6, 6.07) is 21.0. The van der Waals surface area contributed by atoms with Crippen LogP contribution in [0.4, 0.5) is 0 Å². The molecule has 0 amide bonds. The second-order valence-electron chi connectivity index (χ2n) is 7.24. The SMILES string of the molecule is CC(C)(C)[Si](OCc1nc(C=O)cs1)(c1ccccc1)c1ccccc1. The minimum absolute atomic E-state index is 0.0690. The van der Waals surface area contributed by atoms with Crippen molar-refractivity contribution in [2.24, 2.45) is 0 Å². The van der Waals surface area contributed by atoms with Gasteiger partial charge >= 0.3 is 0 Å². The van der Waals surface area contributed by atoms with Crippen LogP contribution in [-0.2, 0) is 11.0 Å². The molecule has 0 spiro atoms. The summed E-state index contributed by atoms with van der Waals surface area (Å²) in [6.07, 6.45) is 0.781. The number of thiazole rings is 1. The van der Waals surface area contributed by atoms with Gasteiger partial charge in [-0.1, -0.05) is 81.4 Å². The van der Waals surface area contributed by atoms with Gasteiger partial charge in [0.25, 0.3) is 8.32 Å². The third kappa shape index (κ3) is 3.56. The van der Waals surface area contributed by atoms with E-state index in [1.807, 2.05) is 12.1 Å². The number of aldehydes is 1. The normalized spacial score (nSPS) is 12.1. The standard InChI is InChI=1S/C21H23NO2SSi/c1-21(2,3)26(18-10-6-4-7-11-18,19-12-8-5-9-13-19)24-15-20-22-17(14-23)16-25-20/h4-14,16H,15H2,1-3H3. The molecule has 1 heterocycles. The van der Waals surface area contributed by atoms with Crippen molar-refractivity contribution < 1.29 is 9.22 Å². The molecule has 0 aliphatic rings. The Morgan fingerprint density at radius 1 is 1.00 bits per heavy atom. The van der Waals surface area contributed by atoms with Crippen LogP contribution in [0.25, 0.3) is 0 Å². The summed E-state index contributed by atoms with van der Waals surface area (Å²) in [4.78, 5) is 15.3. The topological polar surface area (TPSA) is 39.2 Å². The zero-order valence-corrected chi connectivity index (χ0v) is 17.1. The van der Waals surface area contributed by atoms with Gasteiger partial charge in [0.15, 0.2) is 6.29 Å². The number of carbonyl (C=O) groups is 1. The monoisotopic (exact) mass is 381 g/mol. The van der Waals surface area contributed by atoms with E-state index in [1.54, 1.807) is 5.38 Å². The second-order valence-corrected chi connectivity index (χ2v) is 12.5. The first-order valence-corrected chi connectivity index (χ1v) is 11.4. The van der Waals surface area contributed by atoms with Crippen molar-refractivity contribution in [3.8, 4) is 0 Å². The van der Waals surface area contributed by atoms with Crippen molar-refractivity contribution in [3.05, 3.63) is 76.7 Å². The largest absolute Gasteiger partial charge is 0.401 e. The summed E-state index contributed by atoms with van der Waals surface area (Å²) in [5, 5.41) is 5.02. The van der Waals surface area contributed by atoms with Gasteiger partial charge in [-0.25, -0.2) is 4.98 Å². The van der Waals surface area contributed by atoms with Crippen LogP contribution in [-0.4, -0.2) is 19.6 Å². The molecular weight excluding hydrogens is 358 g/mol. The van der Waals surface area contributed by atoms with Crippen LogP contribution in [0.3, 0.4) is 0 Å². The zero-order valence-electron chi connectivity index (χ0n) is 15.3. The van der Waals surface area contributed by atoms with Crippen molar-refractivity contribution in [1.29, 1.82) is 0 Å². The zero-order chi connectivity index (χ0) is 18.6. The van der Waals surface area contributed by atoms with Crippen molar-refractivity contribution in [2.45, 2.75) is 32.4 Å². The van der Waals surface area contributed by atoms with E-state index in [0.717, 1.165) is 11.3 Å². The minimum atomic E-state index is -2.55. The molecule has 0 saturated carbocycles. The summed E-state index contributed by atoms with van der Waals surface area (Å²) in [7, 11) is -2.55. The van der Waals surface area contributed by atoms with Gasteiger partial charge in [-0.2, -0.15) is 0 Å². The average molecular weight is 382 g/mol. The molecule has 0 radical (unpaired) electrons. The molecule has 3 aromatic rings. The highest BCUT2D eigenvalue weighted by molar-refractivity contribution is 7.09. The maximum Gasteiger partial charge on any atom is 0.261 e. The van der Waals surface area contributed by atoms with Gasteiger partial charge in [-0.3, -0.25) is 4.79 Å². The molecule has 3 rings (SSSR count). The van der Waals surface area contributed by atoms with Crippen LogP contribution in [0.2, 0.25) is 5.04 Å². The van der Waals surface area contributed by atoms with E-state index in [1.165, 1.54) is 21.7 Å². The van der Waals surface area contributed by atoms with E-state index in [-0.39, 0.29) is 5.04 Å². The molecule has 0 unspecified atom stereocenters. The Hall–Kier alpha value is -2.08. The molecule has 134 valence electrons. The molecular formula is C21H23NO2SSi. The lowest BCUT2D eigenvalue weighted by atomic mass is 10.2. The van der Waals surface area contributed by atoms with Gasteiger partial charge in [0.2, 0.25) is 0 Å². The van der Waals surface area contributed by atoms with E-state index in [2.05, 4.69) is 74.3 Å². The average Bonchev–Trinajstić information content (AvgIpc) is 3.11. The third-order valence-electron chi connectivity index (χ3n) is 4.52. The lowest BCUT2D eigenvalue weighted by molar-refractivity contribution is 0.111. The Kier molecular flexibility index (Phi) is 5.51. The van der Waals surface area contributed by atoms with E-state index < -0.39 is 8.32 Å². The quantitative estimate of drug-likeness (QED) is 0.478. The molecule has 26 heavy (non-hydrogen) atoms. The number of rotatable bonds is 6. The van der Waals surface area contributed by atoms with E-state index in [9.17, 15) is 4.79 Å². The minimum Gasteiger partial charge on any atom is -0.401 e. The fourth-order valence-corrected chi connectivity index (χ4v) is 8.64. The number of aromatic nitrogens is 1. The van der Waals surface area contributed by atoms with E-state index >= 15 is 0 Å². The van der Waals surface area contributed by atoms with Crippen LogP contribution in [0, 0.1) is 0 Å². The Morgan fingerprint density at radius 2 is 1.54 bits per heavy atom. The van der Waals surface area contributed by atoms with Gasteiger partial charge in [0.05, 0.1) is 6.61 Å². The Bertz CT molecular complexity index is 817. The van der Waals surface area contributed by atoms with Crippen LogP contribution >= 0.6 is 11.3 Å². The molecule has 2 aromatic carbocycles. The van der Waals surface area contributed by atoms with Gasteiger partial charge in [-0.15, -0.1) is 11.3 Å². The van der Waals surface area contributed by atoms with Crippen molar-refractivity contribution in [3.63, 3.8) is 0 Å². The van der Waals surface area contributed by atoms with Gasteiger partial charge in [0, 0.05) is 5.38 Å². The van der Waals surface area contributed by atoms with Crippen LogP contribution < -0.4 is 10.4 Å². The first-order valence-electron chi connectivity index (χ1n) is 8.62. The van der Waals surface area contributed by atoms with Crippen molar-refractivity contribution >= 4 is 36.3 Å². The highest BCUT2D eigenvalue weighted by Gasteiger charge is 2.50. The maximum absolute atomic E-state index is 10.9. The number of carbonyl (C=O) groups excluding carboxylic acids is 1. The molecule has 3 nitrogen and oxygen atoms in total. The van der Waals surface area contributed by atoms with Crippen LogP contribution in [0.15, 0.2) is 66.0 Å². The molecule has 0 N–H and O–H groups in total. The summed E-state index contributed by atoms with van der Waals surface area (Å²) >= 11 is 1.47. The Balaban J connectivity index is 2.09. The van der Waals surface area contributed by atoms with Crippen LogP contribution in [0.1, 0.15) is 36.3 Å². The number of hydrogen-bond acceptors (Lipinski definition) is 4.